The number of piperidine rings is 2. The van der Waals surface area contributed by atoms with Crippen LogP contribution in [0.4, 0.5) is 10.1 Å². The highest BCUT2D eigenvalue weighted by molar-refractivity contribution is 6.01. The molecule has 3 aromatic rings. The van der Waals surface area contributed by atoms with Crippen molar-refractivity contribution in [3.8, 4) is 11.5 Å². The summed E-state index contributed by atoms with van der Waals surface area (Å²) >= 11 is 0. The third-order valence-corrected chi connectivity index (χ3v) is 10.6. The first-order valence-corrected chi connectivity index (χ1v) is 17.9. The Bertz CT molecular complexity index is 1680. The number of nitrogens with one attached hydrogen (secondary N) is 3. The van der Waals surface area contributed by atoms with E-state index in [0.717, 1.165) is 89.2 Å². The fraction of sp³-hybridized carbons (Fsp3) is 0.568. The van der Waals surface area contributed by atoms with Crippen LogP contribution in [0.5, 0.6) is 11.5 Å². The minimum atomic E-state index is -0.603. The van der Waals surface area contributed by atoms with Crippen molar-refractivity contribution in [2.45, 2.75) is 76.4 Å². The SMILES string of the molecule is O=C1CCC(Nc2ccc(OC3CC(CN4CCC(COc5cc(F)c6c(=O)[nH]c(CCC7CCOCC7)nc6c5)CC4)C3)cc2)C(=O)N1. The van der Waals surface area contributed by atoms with Crippen LogP contribution in [0.15, 0.2) is 41.2 Å². The maximum Gasteiger partial charge on any atom is 0.261 e. The Morgan fingerprint density at radius 2 is 1.71 bits per heavy atom. The summed E-state index contributed by atoms with van der Waals surface area (Å²) in [7, 11) is 0. The minimum Gasteiger partial charge on any atom is -0.493 e. The Hall–Kier alpha value is -4.03. The van der Waals surface area contributed by atoms with E-state index in [2.05, 4.69) is 25.5 Å². The molecule has 1 saturated carbocycles. The molecule has 0 bridgehead atoms. The molecular weight excluding hydrogens is 629 g/mol. The Morgan fingerprint density at radius 1 is 0.939 bits per heavy atom. The van der Waals surface area contributed by atoms with Crippen LogP contribution in [0.25, 0.3) is 10.9 Å². The normalized spacial score (nSPS) is 24.0. The number of aromatic amines is 1. The van der Waals surface area contributed by atoms with Crippen molar-refractivity contribution in [3.05, 3.63) is 58.4 Å². The number of amides is 2. The number of carbonyl (C=O) groups excluding carboxylic acids is 2. The van der Waals surface area contributed by atoms with Gasteiger partial charge in [-0.05, 0) is 106 Å². The van der Waals surface area contributed by atoms with Gasteiger partial charge in [-0.3, -0.25) is 19.7 Å². The number of ether oxygens (including phenoxy) is 3. The van der Waals surface area contributed by atoms with Gasteiger partial charge in [0.2, 0.25) is 11.8 Å². The Morgan fingerprint density at radius 3 is 2.47 bits per heavy atom. The lowest BCUT2D eigenvalue weighted by atomic mass is 9.81. The first kappa shape index (κ1) is 33.5. The van der Waals surface area contributed by atoms with E-state index in [-0.39, 0.29) is 23.3 Å². The van der Waals surface area contributed by atoms with Crippen LogP contribution in [0, 0.1) is 23.6 Å². The molecule has 2 amide bonds. The maximum atomic E-state index is 15.0. The fourth-order valence-electron chi connectivity index (χ4n) is 7.51. The zero-order valence-corrected chi connectivity index (χ0v) is 27.9. The van der Waals surface area contributed by atoms with Crippen LogP contribution in [0.1, 0.15) is 63.6 Å². The van der Waals surface area contributed by atoms with Crippen LogP contribution in [0.3, 0.4) is 0 Å². The second kappa shape index (κ2) is 15.2. The summed E-state index contributed by atoms with van der Waals surface area (Å²) in [5.41, 5.74) is 0.728. The van der Waals surface area contributed by atoms with Crippen molar-refractivity contribution in [1.29, 1.82) is 0 Å². The van der Waals surface area contributed by atoms with Gasteiger partial charge in [0.25, 0.3) is 5.56 Å². The van der Waals surface area contributed by atoms with E-state index in [9.17, 15) is 18.8 Å². The van der Waals surface area contributed by atoms with Crippen molar-refractivity contribution in [2.24, 2.45) is 17.8 Å². The topological polar surface area (TPSA) is 135 Å². The van der Waals surface area contributed by atoms with Crippen LogP contribution in [-0.4, -0.2) is 78.3 Å². The van der Waals surface area contributed by atoms with E-state index in [1.807, 2.05) is 24.3 Å². The molecule has 3 N–H and O–H groups in total. The number of likely N-dealkylation sites (tertiary alicyclic amines) is 1. The molecule has 7 rings (SSSR count). The van der Waals surface area contributed by atoms with E-state index < -0.39 is 17.4 Å². The molecule has 12 heteroatoms. The van der Waals surface area contributed by atoms with E-state index in [1.54, 1.807) is 6.07 Å². The van der Waals surface area contributed by atoms with Crippen molar-refractivity contribution in [1.82, 2.24) is 20.2 Å². The Kier molecular flexibility index (Phi) is 10.4. The van der Waals surface area contributed by atoms with Crippen molar-refractivity contribution < 1.29 is 28.2 Å². The summed E-state index contributed by atoms with van der Waals surface area (Å²) in [6.07, 6.45) is 8.76. The summed E-state index contributed by atoms with van der Waals surface area (Å²) in [5, 5.41) is 5.54. The van der Waals surface area contributed by atoms with Gasteiger partial charge in [-0.1, -0.05) is 0 Å². The number of benzene rings is 2. The number of rotatable bonds is 12. The zero-order valence-electron chi connectivity index (χ0n) is 27.9. The van der Waals surface area contributed by atoms with Crippen LogP contribution < -0.4 is 25.7 Å². The largest absolute Gasteiger partial charge is 0.493 e. The number of aryl methyl sites for hydroxylation is 1. The summed E-state index contributed by atoms with van der Waals surface area (Å²) in [5.74, 6) is 2.28. The molecule has 4 heterocycles. The predicted molar refractivity (Wildman–Crippen MR) is 182 cm³/mol. The van der Waals surface area contributed by atoms with E-state index in [4.69, 9.17) is 14.2 Å². The van der Waals surface area contributed by atoms with Gasteiger partial charge in [0.1, 0.15) is 34.6 Å². The van der Waals surface area contributed by atoms with E-state index in [1.165, 1.54) is 6.07 Å². The molecule has 262 valence electrons. The molecule has 1 unspecified atom stereocenters. The molecule has 3 aliphatic heterocycles. The van der Waals surface area contributed by atoms with E-state index >= 15 is 0 Å². The number of hydrogen-bond donors (Lipinski definition) is 3. The number of imide groups is 1. The number of hydrogen-bond acceptors (Lipinski definition) is 9. The molecule has 1 aromatic heterocycles. The second-order valence-corrected chi connectivity index (χ2v) is 14.2. The maximum absolute atomic E-state index is 15.0. The standard InChI is InChI=1S/C37H46FN5O6/c38-30-19-28(20-32-35(30)37(46)41-33(40-32)7-1-23-11-15-47-16-12-23)48-22-24-9-13-43(14-10-24)21-25-17-29(18-25)49-27-4-2-26(3-5-27)39-31-6-8-34(44)42-36(31)45/h2-5,19-20,23-25,29,31,39H,1,6-18,21-22H2,(H,40,41,46)(H,42,44,45). The highest BCUT2D eigenvalue weighted by Crippen LogP contribution is 2.34. The highest BCUT2D eigenvalue weighted by atomic mass is 19.1. The molecule has 2 aromatic carbocycles. The molecule has 49 heavy (non-hydrogen) atoms. The lowest BCUT2D eigenvalue weighted by Gasteiger charge is -2.40. The van der Waals surface area contributed by atoms with Crippen molar-refractivity contribution in [3.63, 3.8) is 0 Å². The summed E-state index contributed by atoms with van der Waals surface area (Å²) < 4.78 is 32.7. The Labute approximate surface area is 285 Å². The Balaban J connectivity index is 0.815. The molecule has 4 fully saturated rings. The van der Waals surface area contributed by atoms with Gasteiger partial charge in [0.15, 0.2) is 0 Å². The van der Waals surface area contributed by atoms with E-state index in [0.29, 0.717) is 60.7 Å². The van der Waals surface area contributed by atoms with Gasteiger partial charge in [0.05, 0.1) is 18.2 Å². The number of nitrogens with zero attached hydrogens (tertiary/aromatic N) is 2. The first-order valence-electron chi connectivity index (χ1n) is 17.9. The molecule has 0 radical (unpaired) electrons. The van der Waals surface area contributed by atoms with Crippen LogP contribution in [-0.2, 0) is 20.7 Å². The third kappa shape index (κ3) is 8.59. The number of halogens is 1. The van der Waals surface area contributed by atoms with Gasteiger partial charge in [-0.15, -0.1) is 0 Å². The number of fused-ring (bicyclic) bond motifs is 1. The smallest absolute Gasteiger partial charge is 0.261 e. The number of H-pyrrole nitrogens is 1. The minimum absolute atomic E-state index is 0.0173. The molecule has 3 saturated heterocycles. The quantitative estimate of drug-likeness (QED) is 0.236. The number of anilines is 1. The monoisotopic (exact) mass is 675 g/mol. The molecular formula is C37H46FN5O6. The molecule has 11 nitrogen and oxygen atoms in total. The molecule has 0 spiro atoms. The summed E-state index contributed by atoms with van der Waals surface area (Å²) in [4.78, 5) is 45.9. The average Bonchev–Trinajstić information content (AvgIpc) is 3.08. The lowest BCUT2D eigenvalue weighted by molar-refractivity contribution is -0.133. The molecule has 4 aliphatic rings. The third-order valence-electron chi connectivity index (χ3n) is 10.6. The van der Waals surface area contributed by atoms with Crippen molar-refractivity contribution in [2.75, 3.05) is 44.8 Å². The predicted octanol–water partition coefficient (Wildman–Crippen LogP) is 4.59. The van der Waals surface area contributed by atoms with Crippen LogP contribution >= 0.6 is 0 Å². The summed E-state index contributed by atoms with van der Waals surface area (Å²) in [6, 6.07) is 10.3. The average molecular weight is 676 g/mol. The van der Waals surface area contributed by atoms with Gasteiger partial charge < -0.3 is 29.4 Å². The molecule has 1 aliphatic carbocycles. The zero-order chi connectivity index (χ0) is 33.7. The van der Waals surface area contributed by atoms with Crippen molar-refractivity contribution >= 4 is 28.4 Å². The second-order valence-electron chi connectivity index (χ2n) is 14.2. The highest BCUT2D eigenvalue weighted by Gasteiger charge is 2.33. The van der Waals surface area contributed by atoms with Gasteiger partial charge in [-0.25, -0.2) is 9.37 Å². The lowest BCUT2D eigenvalue weighted by Crippen LogP contribution is -2.47. The van der Waals surface area contributed by atoms with Crippen LogP contribution in [0.2, 0.25) is 0 Å². The summed E-state index contributed by atoms with van der Waals surface area (Å²) in [6.45, 7) is 5.16. The molecule has 1 atom stereocenters. The first-order chi connectivity index (χ1) is 23.8. The number of carbonyl (C=O) groups is 2. The number of aromatic nitrogens is 2. The fourth-order valence-corrected chi connectivity index (χ4v) is 7.51. The van der Waals surface area contributed by atoms with Gasteiger partial charge in [-0.2, -0.15) is 0 Å². The van der Waals surface area contributed by atoms with Gasteiger partial charge >= 0.3 is 0 Å². The van der Waals surface area contributed by atoms with Gasteiger partial charge in [0, 0.05) is 50.4 Å².